The highest BCUT2D eigenvalue weighted by atomic mass is 16.1. The van der Waals surface area contributed by atoms with E-state index in [-0.39, 0.29) is 5.71 Å². The van der Waals surface area contributed by atoms with Gasteiger partial charge >= 0.3 is 0 Å². The van der Waals surface area contributed by atoms with Crippen molar-refractivity contribution in [2.24, 2.45) is 5.10 Å². The number of hydrazone groups is 1. The Kier molecular flexibility index (Phi) is 5.83. The predicted molar refractivity (Wildman–Crippen MR) is 75.7 cm³/mol. The maximum absolute atomic E-state index is 11.5. The summed E-state index contributed by atoms with van der Waals surface area (Å²) in [7, 11) is 0. The molecule has 0 unspecified atom stereocenters. The van der Waals surface area contributed by atoms with E-state index in [9.17, 15) is 4.79 Å². The van der Waals surface area contributed by atoms with Gasteiger partial charge in [0.2, 0.25) is 5.71 Å². The van der Waals surface area contributed by atoms with Crippen LogP contribution >= 0.6 is 0 Å². The lowest BCUT2D eigenvalue weighted by molar-refractivity contribution is -0.114. The molecule has 0 fully saturated rings. The van der Waals surface area contributed by atoms with E-state index < -0.39 is 5.91 Å². The molecule has 0 aliphatic heterocycles. The zero-order chi connectivity index (χ0) is 14.1. The SMILES string of the molecule is C=CCNC(=O)C(C#N)=NNc1ccc(CC)cc1. The highest BCUT2D eigenvalue weighted by molar-refractivity contribution is 6.45. The lowest BCUT2D eigenvalue weighted by Gasteiger charge is -2.03. The van der Waals surface area contributed by atoms with Crippen LogP contribution in [0.15, 0.2) is 42.0 Å². The van der Waals surface area contributed by atoms with Crippen molar-refractivity contribution in [1.29, 1.82) is 5.26 Å². The molecule has 0 bridgehead atoms. The van der Waals surface area contributed by atoms with Gasteiger partial charge in [-0.15, -0.1) is 6.58 Å². The lowest BCUT2D eigenvalue weighted by Crippen LogP contribution is -2.30. The molecule has 2 N–H and O–H groups in total. The molecule has 0 saturated heterocycles. The Morgan fingerprint density at radius 3 is 2.68 bits per heavy atom. The quantitative estimate of drug-likeness (QED) is 0.463. The number of amides is 1. The van der Waals surface area contributed by atoms with Crippen LogP contribution in [-0.4, -0.2) is 18.2 Å². The van der Waals surface area contributed by atoms with E-state index in [0.717, 1.165) is 12.1 Å². The Labute approximate surface area is 112 Å². The summed E-state index contributed by atoms with van der Waals surface area (Å²) in [5.41, 5.74) is 4.39. The van der Waals surface area contributed by atoms with Gasteiger partial charge in [0.15, 0.2) is 0 Å². The van der Waals surface area contributed by atoms with Crippen molar-refractivity contribution in [3.05, 3.63) is 42.5 Å². The maximum atomic E-state index is 11.5. The first-order valence-corrected chi connectivity index (χ1v) is 5.93. The molecule has 5 heteroatoms. The Morgan fingerprint density at radius 2 is 2.16 bits per heavy atom. The molecule has 1 rings (SSSR count). The first-order valence-electron chi connectivity index (χ1n) is 5.93. The number of rotatable bonds is 6. The molecule has 1 aromatic rings. The molecular formula is C14H16N4O. The first-order chi connectivity index (χ1) is 9.21. The smallest absolute Gasteiger partial charge is 0.282 e. The molecule has 1 aromatic carbocycles. The second-order valence-corrected chi connectivity index (χ2v) is 3.73. The molecule has 0 saturated carbocycles. The van der Waals surface area contributed by atoms with Gasteiger partial charge in [-0.2, -0.15) is 10.4 Å². The van der Waals surface area contributed by atoms with Crippen LogP contribution in [0.1, 0.15) is 12.5 Å². The number of nitrogens with zero attached hydrogens (tertiary/aromatic N) is 2. The Hall–Kier alpha value is -2.61. The van der Waals surface area contributed by atoms with Gasteiger partial charge in [-0.05, 0) is 24.1 Å². The van der Waals surface area contributed by atoms with Gasteiger partial charge < -0.3 is 5.32 Å². The van der Waals surface area contributed by atoms with Crippen molar-refractivity contribution in [1.82, 2.24) is 5.32 Å². The number of hydrogen-bond acceptors (Lipinski definition) is 4. The molecule has 0 spiro atoms. The second kappa shape index (κ2) is 7.67. The van der Waals surface area contributed by atoms with Gasteiger partial charge in [0, 0.05) is 6.54 Å². The minimum absolute atomic E-state index is 0.221. The second-order valence-electron chi connectivity index (χ2n) is 3.73. The van der Waals surface area contributed by atoms with Crippen LogP contribution in [-0.2, 0) is 11.2 Å². The summed E-state index contributed by atoms with van der Waals surface area (Å²) >= 11 is 0. The van der Waals surface area contributed by atoms with Gasteiger partial charge in [0.25, 0.3) is 5.91 Å². The van der Waals surface area contributed by atoms with E-state index in [1.165, 1.54) is 11.6 Å². The topological polar surface area (TPSA) is 77.3 Å². The van der Waals surface area contributed by atoms with Gasteiger partial charge in [-0.1, -0.05) is 25.1 Å². The average Bonchev–Trinajstić information content (AvgIpc) is 2.46. The summed E-state index contributed by atoms with van der Waals surface area (Å²) in [6.45, 7) is 5.84. The number of anilines is 1. The number of carbonyl (C=O) groups is 1. The Bertz CT molecular complexity index is 511. The molecule has 1 amide bonds. The van der Waals surface area contributed by atoms with Crippen molar-refractivity contribution < 1.29 is 4.79 Å². The van der Waals surface area contributed by atoms with Crippen LogP contribution in [0.2, 0.25) is 0 Å². The van der Waals surface area contributed by atoms with Gasteiger partial charge in [-0.3, -0.25) is 10.2 Å². The molecule has 19 heavy (non-hydrogen) atoms. The number of nitrogens with one attached hydrogen (secondary N) is 2. The molecule has 0 aliphatic rings. The van der Waals surface area contributed by atoms with E-state index in [0.29, 0.717) is 6.54 Å². The van der Waals surface area contributed by atoms with Crippen LogP contribution in [0.4, 0.5) is 5.69 Å². The van der Waals surface area contributed by atoms with Crippen LogP contribution < -0.4 is 10.7 Å². The summed E-state index contributed by atoms with van der Waals surface area (Å²) < 4.78 is 0. The van der Waals surface area contributed by atoms with E-state index in [4.69, 9.17) is 5.26 Å². The third-order valence-electron chi connectivity index (χ3n) is 2.39. The normalized spacial score (nSPS) is 10.4. The average molecular weight is 256 g/mol. The summed E-state index contributed by atoms with van der Waals surface area (Å²) in [6.07, 6.45) is 2.49. The zero-order valence-electron chi connectivity index (χ0n) is 10.8. The Balaban J connectivity index is 2.68. The lowest BCUT2D eigenvalue weighted by atomic mass is 10.2. The number of carbonyl (C=O) groups excluding carboxylic acids is 1. The molecule has 0 aliphatic carbocycles. The standard InChI is InChI=1S/C14H16N4O/c1-3-9-16-14(19)13(10-15)18-17-12-7-5-11(4-2)6-8-12/h3,5-8,17H,1,4,9H2,2H3,(H,16,19). The third kappa shape index (κ3) is 4.64. The minimum Gasteiger partial charge on any atom is -0.347 e. The highest BCUT2D eigenvalue weighted by Crippen LogP contribution is 2.09. The van der Waals surface area contributed by atoms with Gasteiger partial charge in [-0.25, -0.2) is 0 Å². The molecule has 0 heterocycles. The zero-order valence-corrected chi connectivity index (χ0v) is 10.8. The van der Waals surface area contributed by atoms with E-state index >= 15 is 0 Å². The maximum Gasteiger partial charge on any atom is 0.282 e. The minimum atomic E-state index is -0.528. The van der Waals surface area contributed by atoms with Crippen LogP contribution in [0.25, 0.3) is 0 Å². The number of nitriles is 1. The number of benzene rings is 1. The number of hydrogen-bond donors (Lipinski definition) is 2. The highest BCUT2D eigenvalue weighted by Gasteiger charge is 2.09. The van der Waals surface area contributed by atoms with E-state index in [1.54, 1.807) is 6.07 Å². The molecule has 0 atom stereocenters. The van der Waals surface area contributed by atoms with Crippen LogP contribution in [0.5, 0.6) is 0 Å². The predicted octanol–water partition coefficient (Wildman–Crippen LogP) is 1.84. The Morgan fingerprint density at radius 1 is 1.47 bits per heavy atom. The van der Waals surface area contributed by atoms with Crippen molar-refractivity contribution in [3.63, 3.8) is 0 Å². The van der Waals surface area contributed by atoms with Crippen LogP contribution in [0, 0.1) is 11.3 Å². The summed E-state index contributed by atoms with van der Waals surface area (Å²) in [5, 5.41) is 15.1. The summed E-state index contributed by atoms with van der Waals surface area (Å²) in [4.78, 5) is 11.5. The van der Waals surface area contributed by atoms with Crippen molar-refractivity contribution >= 4 is 17.3 Å². The first kappa shape index (κ1) is 14.5. The molecule has 5 nitrogen and oxygen atoms in total. The van der Waals surface area contributed by atoms with E-state index in [1.807, 2.05) is 24.3 Å². The largest absolute Gasteiger partial charge is 0.347 e. The van der Waals surface area contributed by atoms with Crippen molar-refractivity contribution in [2.75, 3.05) is 12.0 Å². The molecule has 0 radical (unpaired) electrons. The van der Waals surface area contributed by atoms with E-state index in [2.05, 4.69) is 29.3 Å². The monoisotopic (exact) mass is 256 g/mol. The molecule has 98 valence electrons. The van der Waals surface area contributed by atoms with Gasteiger partial charge in [0.1, 0.15) is 6.07 Å². The molecule has 0 aromatic heterocycles. The molecular weight excluding hydrogens is 240 g/mol. The van der Waals surface area contributed by atoms with Crippen molar-refractivity contribution in [3.8, 4) is 6.07 Å². The van der Waals surface area contributed by atoms with Crippen molar-refractivity contribution in [2.45, 2.75) is 13.3 Å². The fraction of sp³-hybridized carbons (Fsp3) is 0.214. The number of aryl methyl sites for hydroxylation is 1. The fourth-order valence-electron chi connectivity index (χ4n) is 1.31. The van der Waals surface area contributed by atoms with Crippen LogP contribution in [0.3, 0.4) is 0 Å². The van der Waals surface area contributed by atoms with Gasteiger partial charge in [0.05, 0.1) is 5.69 Å². The summed E-state index contributed by atoms with van der Waals surface area (Å²) in [5.74, 6) is -0.528. The summed E-state index contributed by atoms with van der Waals surface area (Å²) in [6, 6.07) is 9.36. The fourth-order valence-corrected chi connectivity index (χ4v) is 1.31. The third-order valence-corrected chi connectivity index (χ3v) is 2.39.